The molecular weight excluding hydrogens is 228 g/mol. The Balaban J connectivity index is 1.77. The second-order valence-electron chi connectivity index (χ2n) is 4.93. The van der Waals surface area contributed by atoms with E-state index in [-0.39, 0.29) is 24.4 Å². The molecule has 1 atom stereocenters. The van der Waals surface area contributed by atoms with Crippen molar-refractivity contribution >= 4 is 11.8 Å². The van der Waals surface area contributed by atoms with Gasteiger partial charge in [-0.05, 0) is 18.4 Å². The fourth-order valence-electron chi connectivity index (χ4n) is 2.80. The van der Waals surface area contributed by atoms with E-state index in [0.717, 1.165) is 24.9 Å². The van der Waals surface area contributed by atoms with Crippen LogP contribution >= 0.6 is 0 Å². The lowest BCUT2D eigenvalue weighted by atomic mass is 10.1. The maximum absolute atomic E-state index is 12.3. The average molecular weight is 244 g/mol. The molecule has 4 nitrogen and oxygen atoms in total. The molecule has 3 rings (SSSR count). The van der Waals surface area contributed by atoms with Gasteiger partial charge in [0.2, 0.25) is 11.8 Å². The number of hydrogen-bond acceptors (Lipinski definition) is 2. The van der Waals surface area contributed by atoms with E-state index in [2.05, 4.69) is 0 Å². The zero-order valence-electron chi connectivity index (χ0n) is 10.2. The van der Waals surface area contributed by atoms with Crippen LogP contribution in [0.25, 0.3) is 0 Å². The van der Waals surface area contributed by atoms with Crippen LogP contribution < -0.4 is 0 Å². The third-order valence-electron chi connectivity index (χ3n) is 3.71. The molecule has 4 heteroatoms. The summed E-state index contributed by atoms with van der Waals surface area (Å²) in [6.07, 6.45) is 1.76. The molecule has 2 heterocycles. The fraction of sp³-hybridized carbons (Fsp3) is 0.429. The molecule has 2 aliphatic rings. The van der Waals surface area contributed by atoms with Gasteiger partial charge in [-0.25, -0.2) is 0 Å². The van der Waals surface area contributed by atoms with Crippen LogP contribution in [0.5, 0.6) is 0 Å². The zero-order chi connectivity index (χ0) is 12.5. The molecule has 1 aromatic rings. The quantitative estimate of drug-likeness (QED) is 0.779. The lowest BCUT2D eigenvalue weighted by molar-refractivity contribution is -0.154. The van der Waals surface area contributed by atoms with Gasteiger partial charge in [0.05, 0.1) is 0 Å². The van der Waals surface area contributed by atoms with Gasteiger partial charge in [-0.1, -0.05) is 30.3 Å². The highest BCUT2D eigenvalue weighted by Gasteiger charge is 2.41. The molecular formula is C14H16N2O2. The minimum Gasteiger partial charge on any atom is -0.329 e. The molecule has 2 aliphatic heterocycles. The van der Waals surface area contributed by atoms with E-state index in [0.29, 0.717) is 6.54 Å². The Morgan fingerprint density at radius 2 is 1.94 bits per heavy atom. The van der Waals surface area contributed by atoms with Gasteiger partial charge in [0.25, 0.3) is 0 Å². The molecule has 2 saturated heterocycles. The summed E-state index contributed by atoms with van der Waals surface area (Å²) in [5, 5.41) is 0. The topological polar surface area (TPSA) is 40.6 Å². The van der Waals surface area contributed by atoms with Crippen LogP contribution in [0.4, 0.5) is 0 Å². The Kier molecular flexibility index (Phi) is 2.78. The van der Waals surface area contributed by atoms with Crippen molar-refractivity contribution in [3.8, 4) is 0 Å². The lowest BCUT2D eigenvalue weighted by Crippen LogP contribution is -2.56. The number of piperazine rings is 1. The first-order valence-corrected chi connectivity index (χ1v) is 6.38. The Labute approximate surface area is 106 Å². The molecule has 0 spiro atoms. The van der Waals surface area contributed by atoms with Crippen LogP contribution in [-0.2, 0) is 16.1 Å². The summed E-state index contributed by atoms with van der Waals surface area (Å²) in [6, 6.07) is 9.62. The molecule has 0 N–H and O–H groups in total. The first kappa shape index (κ1) is 11.3. The summed E-state index contributed by atoms with van der Waals surface area (Å²) in [5.41, 5.74) is 1.07. The van der Waals surface area contributed by atoms with Gasteiger partial charge in [0.1, 0.15) is 12.6 Å². The SMILES string of the molecule is O=C1C2CCCN2C(=O)CN1Cc1ccccc1. The smallest absolute Gasteiger partial charge is 0.246 e. The van der Waals surface area contributed by atoms with Gasteiger partial charge < -0.3 is 9.80 Å². The van der Waals surface area contributed by atoms with Crippen LogP contribution in [0.1, 0.15) is 18.4 Å². The minimum atomic E-state index is -0.199. The minimum absolute atomic E-state index is 0.0908. The van der Waals surface area contributed by atoms with E-state index in [1.807, 2.05) is 30.3 Å². The number of carbonyl (C=O) groups excluding carboxylic acids is 2. The molecule has 1 aromatic carbocycles. The highest BCUT2D eigenvalue weighted by Crippen LogP contribution is 2.24. The number of hydrogen-bond donors (Lipinski definition) is 0. The van der Waals surface area contributed by atoms with Crippen molar-refractivity contribution in [2.75, 3.05) is 13.1 Å². The molecule has 18 heavy (non-hydrogen) atoms. The van der Waals surface area contributed by atoms with Crippen molar-refractivity contribution < 1.29 is 9.59 Å². The number of carbonyl (C=O) groups is 2. The second kappa shape index (κ2) is 4.44. The third kappa shape index (κ3) is 1.88. The number of amides is 2. The van der Waals surface area contributed by atoms with Gasteiger partial charge >= 0.3 is 0 Å². The summed E-state index contributed by atoms with van der Waals surface area (Å²) in [5.74, 6) is 0.198. The molecule has 2 amide bonds. The molecule has 0 bridgehead atoms. The highest BCUT2D eigenvalue weighted by molar-refractivity contribution is 5.95. The second-order valence-corrected chi connectivity index (χ2v) is 4.93. The Bertz CT molecular complexity index is 472. The van der Waals surface area contributed by atoms with Crippen LogP contribution in [0.15, 0.2) is 30.3 Å². The first-order valence-electron chi connectivity index (χ1n) is 6.38. The van der Waals surface area contributed by atoms with Crippen LogP contribution in [0.2, 0.25) is 0 Å². The molecule has 0 aromatic heterocycles. The predicted molar refractivity (Wildman–Crippen MR) is 66.6 cm³/mol. The van der Waals surface area contributed by atoms with E-state index < -0.39 is 0 Å². The summed E-state index contributed by atoms with van der Waals surface area (Å²) in [6.45, 7) is 1.51. The molecule has 0 aliphatic carbocycles. The molecule has 2 fully saturated rings. The van der Waals surface area contributed by atoms with E-state index in [1.165, 1.54) is 0 Å². The fourth-order valence-corrected chi connectivity index (χ4v) is 2.80. The molecule has 94 valence electrons. The molecule has 1 unspecified atom stereocenters. The van der Waals surface area contributed by atoms with E-state index in [4.69, 9.17) is 0 Å². The van der Waals surface area contributed by atoms with Crippen LogP contribution in [-0.4, -0.2) is 40.7 Å². The summed E-state index contributed by atoms with van der Waals surface area (Å²) in [4.78, 5) is 27.7. The van der Waals surface area contributed by atoms with Crippen molar-refractivity contribution in [1.29, 1.82) is 0 Å². The number of rotatable bonds is 2. The van der Waals surface area contributed by atoms with E-state index in [1.54, 1.807) is 9.80 Å². The standard InChI is InChI=1S/C14H16N2O2/c17-13-10-15(9-11-5-2-1-3-6-11)14(18)12-7-4-8-16(12)13/h1-3,5-6,12H,4,7-10H2. The van der Waals surface area contributed by atoms with Crippen molar-refractivity contribution in [2.45, 2.75) is 25.4 Å². The zero-order valence-corrected chi connectivity index (χ0v) is 10.2. The Morgan fingerprint density at radius 1 is 1.17 bits per heavy atom. The van der Waals surface area contributed by atoms with E-state index in [9.17, 15) is 9.59 Å². The molecule has 0 radical (unpaired) electrons. The van der Waals surface area contributed by atoms with Crippen LogP contribution in [0.3, 0.4) is 0 Å². The molecule has 0 saturated carbocycles. The number of nitrogens with zero attached hydrogens (tertiary/aromatic N) is 2. The van der Waals surface area contributed by atoms with Gasteiger partial charge in [-0.2, -0.15) is 0 Å². The first-order chi connectivity index (χ1) is 8.75. The van der Waals surface area contributed by atoms with Crippen molar-refractivity contribution in [3.63, 3.8) is 0 Å². The Morgan fingerprint density at radius 3 is 2.72 bits per heavy atom. The van der Waals surface area contributed by atoms with Crippen molar-refractivity contribution in [1.82, 2.24) is 9.80 Å². The summed E-state index contributed by atoms with van der Waals surface area (Å²) >= 11 is 0. The average Bonchev–Trinajstić information content (AvgIpc) is 2.87. The van der Waals surface area contributed by atoms with Crippen LogP contribution in [0, 0.1) is 0 Å². The number of fused-ring (bicyclic) bond motifs is 1. The highest BCUT2D eigenvalue weighted by atomic mass is 16.2. The van der Waals surface area contributed by atoms with Gasteiger partial charge in [-0.3, -0.25) is 9.59 Å². The van der Waals surface area contributed by atoms with Crippen molar-refractivity contribution in [3.05, 3.63) is 35.9 Å². The predicted octanol–water partition coefficient (Wildman–Crippen LogP) is 1.02. The normalized spacial score (nSPS) is 23.4. The maximum atomic E-state index is 12.3. The monoisotopic (exact) mass is 244 g/mol. The third-order valence-corrected chi connectivity index (χ3v) is 3.71. The van der Waals surface area contributed by atoms with Gasteiger partial charge in [0.15, 0.2) is 0 Å². The van der Waals surface area contributed by atoms with Gasteiger partial charge in [-0.15, -0.1) is 0 Å². The number of benzene rings is 1. The largest absolute Gasteiger partial charge is 0.329 e. The van der Waals surface area contributed by atoms with Gasteiger partial charge in [0, 0.05) is 13.1 Å². The van der Waals surface area contributed by atoms with Crippen molar-refractivity contribution in [2.24, 2.45) is 0 Å². The maximum Gasteiger partial charge on any atom is 0.246 e. The summed E-state index contributed by atoms with van der Waals surface area (Å²) < 4.78 is 0. The lowest BCUT2D eigenvalue weighted by Gasteiger charge is -2.36. The van der Waals surface area contributed by atoms with E-state index >= 15 is 0 Å². The summed E-state index contributed by atoms with van der Waals surface area (Å²) in [7, 11) is 0. The Hall–Kier alpha value is -1.84.